The van der Waals surface area contributed by atoms with Crippen LogP contribution < -0.4 is 5.32 Å². The lowest BCUT2D eigenvalue weighted by molar-refractivity contribution is -0.121. The van der Waals surface area contributed by atoms with Crippen LogP contribution in [0.1, 0.15) is 71.6 Å². The van der Waals surface area contributed by atoms with E-state index < -0.39 is 0 Å². The van der Waals surface area contributed by atoms with E-state index in [4.69, 9.17) is 0 Å². The Labute approximate surface area is 118 Å². The van der Waals surface area contributed by atoms with E-state index in [0.717, 1.165) is 18.8 Å². The third kappa shape index (κ3) is 8.25. The Morgan fingerprint density at radius 2 is 1.95 bits per heavy atom. The highest BCUT2D eigenvalue weighted by Crippen LogP contribution is 2.27. The number of carbonyl (C=O) groups is 1. The molecule has 0 heterocycles. The maximum atomic E-state index is 11.7. The fourth-order valence-electron chi connectivity index (χ4n) is 3.07. The first-order chi connectivity index (χ1) is 9.08. The first kappa shape index (κ1) is 16.5. The van der Waals surface area contributed by atoms with E-state index >= 15 is 0 Å². The minimum absolute atomic E-state index is 0.174. The summed E-state index contributed by atoms with van der Waals surface area (Å²) in [7, 11) is 0. The third-order valence-corrected chi connectivity index (χ3v) is 4.13. The molecule has 1 fully saturated rings. The summed E-state index contributed by atoms with van der Waals surface area (Å²) in [6.45, 7) is 4.55. The molecule has 1 saturated carbocycles. The van der Waals surface area contributed by atoms with Crippen LogP contribution in [0.4, 0.5) is 0 Å². The van der Waals surface area contributed by atoms with Gasteiger partial charge in [-0.25, -0.2) is 0 Å². The number of aliphatic hydroxyl groups is 1. The van der Waals surface area contributed by atoms with Crippen LogP contribution in [0.15, 0.2) is 0 Å². The summed E-state index contributed by atoms with van der Waals surface area (Å²) >= 11 is 0. The molecule has 3 nitrogen and oxygen atoms in total. The molecule has 0 aromatic carbocycles. The SMILES string of the molecule is CC(O)CC(C)CNC(=O)CCCC1CCCCC1. The van der Waals surface area contributed by atoms with Crippen molar-refractivity contribution in [2.75, 3.05) is 6.54 Å². The van der Waals surface area contributed by atoms with Crippen LogP contribution in [-0.2, 0) is 4.79 Å². The van der Waals surface area contributed by atoms with Gasteiger partial charge in [0, 0.05) is 13.0 Å². The van der Waals surface area contributed by atoms with E-state index in [9.17, 15) is 9.90 Å². The number of nitrogens with one attached hydrogen (secondary N) is 1. The molecule has 0 saturated heterocycles. The highest BCUT2D eigenvalue weighted by atomic mass is 16.3. The van der Waals surface area contributed by atoms with E-state index in [1.165, 1.54) is 38.5 Å². The average Bonchev–Trinajstić information content (AvgIpc) is 2.37. The van der Waals surface area contributed by atoms with Crippen molar-refractivity contribution in [1.82, 2.24) is 5.32 Å². The zero-order valence-corrected chi connectivity index (χ0v) is 12.7. The second-order valence-corrected chi connectivity index (χ2v) is 6.39. The number of hydrogen-bond donors (Lipinski definition) is 2. The molecule has 3 heteroatoms. The summed E-state index contributed by atoms with van der Waals surface area (Å²) in [4.78, 5) is 11.7. The number of hydrogen-bond acceptors (Lipinski definition) is 2. The zero-order valence-electron chi connectivity index (χ0n) is 12.7. The van der Waals surface area contributed by atoms with Gasteiger partial charge < -0.3 is 10.4 Å². The lowest BCUT2D eigenvalue weighted by Gasteiger charge is -2.21. The summed E-state index contributed by atoms with van der Waals surface area (Å²) in [5.74, 6) is 1.39. The van der Waals surface area contributed by atoms with Crippen LogP contribution >= 0.6 is 0 Å². The van der Waals surface area contributed by atoms with Crippen LogP contribution in [0.5, 0.6) is 0 Å². The molecular formula is C16H31NO2. The van der Waals surface area contributed by atoms with Crippen LogP contribution in [0.25, 0.3) is 0 Å². The molecule has 1 rings (SSSR count). The van der Waals surface area contributed by atoms with Gasteiger partial charge in [0.2, 0.25) is 5.91 Å². The maximum absolute atomic E-state index is 11.7. The summed E-state index contributed by atoms with van der Waals surface area (Å²) in [6, 6.07) is 0. The maximum Gasteiger partial charge on any atom is 0.220 e. The number of aliphatic hydroxyl groups excluding tert-OH is 1. The average molecular weight is 269 g/mol. The Bertz CT molecular complexity index is 247. The van der Waals surface area contributed by atoms with Gasteiger partial charge in [-0.15, -0.1) is 0 Å². The summed E-state index contributed by atoms with van der Waals surface area (Å²) < 4.78 is 0. The fraction of sp³-hybridized carbons (Fsp3) is 0.938. The van der Waals surface area contributed by atoms with Crippen molar-refractivity contribution in [2.24, 2.45) is 11.8 Å². The van der Waals surface area contributed by atoms with Crippen molar-refractivity contribution in [1.29, 1.82) is 0 Å². The molecule has 0 spiro atoms. The monoisotopic (exact) mass is 269 g/mol. The first-order valence-electron chi connectivity index (χ1n) is 8.02. The normalized spacial score (nSPS) is 19.9. The van der Waals surface area contributed by atoms with Gasteiger partial charge in [0.15, 0.2) is 0 Å². The molecule has 0 radical (unpaired) electrons. The molecule has 0 aliphatic heterocycles. The fourth-order valence-corrected chi connectivity index (χ4v) is 3.07. The molecule has 19 heavy (non-hydrogen) atoms. The largest absolute Gasteiger partial charge is 0.393 e. The highest BCUT2D eigenvalue weighted by molar-refractivity contribution is 5.75. The van der Waals surface area contributed by atoms with Crippen LogP contribution in [0.2, 0.25) is 0 Å². The van der Waals surface area contributed by atoms with E-state index in [1.807, 2.05) is 0 Å². The molecule has 0 bridgehead atoms. The highest BCUT2D eigenvalue weighted by Gasteiger charge is 2.14. The summed E-state index contributed by atoms with van der Waals surface area (Å²) in [6.07, 6.45) is 10.3. The molecule has 112 valence electrons. The zero-order chi connectivity index (χ0) is 14.1. The lowest BCUT2D eigenvalue weighted by atomic mass is 9.86. The van der Waals surface area contributed by atoms with Crippen molar-refractivity contribution >= 4 is 5.91 Å². The van der Waals surface area contributed by atoms with E-state index in [0.29, 0.717) is 18.9 Å². The van der Waals surface area contributed by atoms with Crippen LogP contribution in [-0.4, -0.2) is 23.7 Å². The van der Waals surface area contributed by atoms with Gasteiger partial charge in [0.25, 0.3) is 0 Å². The standard InChI is InChI=1S/C16H31NO2/c1-13(11-14(2)18)12-17-16(19)10-6-9-15-7-4-3-5-8-15/h13-15,18H,3-12H2,1-2H3,(H,17,19). The molecule has 1 aliphatic rings. The Balaban J connectivity index is 2.01. The Hall–Kier alpha value is -0.570. The predicted molar refractivity (Wildman–Crippen MR) is 78.9 cm³/mol. The quantitative estimate of drug-likeness (QED) is 0.710. The molecule has 1 aliphatic carbocycles. The van der Waals surface area contributed by atoms with Crippen molar-refractivity contribution in [3.63, 3.8) is 0 Å². The minimum Gasteiger partial charge on any atom is -0.393 e. The Kier molecular flexibility index (Phi) is 8.11. The van der Waals surface area contributed by atoms with Crippen molar-refractivity contribution in [3.8, 4) is 0 Å². The smallest absolute Gasteiger partial charge is 0.220 e. The predicted octanol–water partition coefficient (Wildman–Crippen LogP) is 3.26. The van der Waals surface area contributed by atoms with E-state index in [-0.39, 0.29) is 12.0 Å². The van der Waals surface area contributed by atoms with Gasteiger partial charge in [-0.1, -0.05) is 39.0 Å². The summed E-state index contributed by atoms with van der Waals surface area (Å²) in [5.41, 5.74) is 0. The summed E-state index contributed by atoms with van der Waals surface area (Å²) in [5, 5.41) is 12.2. The van der Waals surface area contributed by atoms with Crippen LogP contribution in [0, 0.1) is 11.8 Å². The molecule has 0 aromatic heterocycles. The second kappa shape index (κ2) is 9.35. The van der Waals surface area contributed by atoms with Gasteiger partial charge in [-0.05, 0) is 38.0 Å². The van der Waals surface area contributed by atoms with Gasteiger partial charge in [0.1, 0.15) is 0 Å². The lowest BCUT2D eigenvalue weighted by Crippen LogP contribution is -2.29. The minimum atomic E-state index is -0.279. The Morgan fingerprint density at radius 1 is 1.26 bits per heavy atom. The third-order valence-electron chi connectivity index (χ3n) is 4.13. The van der Waals surface area contributed by atoms with Gasteiger partial charge >= 0.3 is 0 Å². The molecule has 2 N–H and O–H groups in total. The number of carbonyl (C=O) groups excluding carboxylic acids is 1. The Morgan fingerprint density at radius 3 is 2.58 bits per heavy atom. The van der Waals surface area contributed by atoms with Crippen molar-refractivity contribution in [2.45, 2.75) is 77.7 Å². The molecule has 2 unspecified atom stereocenters. The second-order valence-electron chi connectivity index (χ2n) is 6.39. The van der Waals surface area contributed by atoms with E-state index in [1.54, 1.807) is 6.92 Å². The topological polar surface area (TPSA) is 49.3 Å². The van der Waals surface area contributed by atoms with Gasteiger partial charge in [-0.2, -0.15) is 0 Å². The van der Waals surface area contributed by atoms with Gasteiger partial charge in [0.05, 0.1) is 6.10 Å². The van der Waals surface area contributed by atoms with Gasteiger partial charge in [-0.3, -0.25) is 4.79 Å². The van der Waals surface area contributed by atoms with Crippen molar-refractivity contribution < 1.29 is 9.90 Å². The molecule has 0 aromatic rings. The van der Waals surface area contributed by atoms with Crippen LogP contribution in [0.3, 0.4) is 0 Å². The number of amides is 1. The first-order valence-corrected chi connectivity index (χ1v) is 8.02. The molecule has 1 amide bonds. The number of rotatable bonds is 8. The molecule has 2 atom stereocenters. The molecular weight excluding hydrogens is 238 g/mol. The van der Waals surface area contributed by atoms with Crippen molar-refractivity contribution in [3.05, 3.63) is 0 Å². The van der Waals surface area contributed by atoms with E-state index in [2.05, 4.69) is 12.2 Å².